The SMILES string of the molecule is CNc1ccc(S(=O)(=O)NCC(=O)OCc2ccc(S(=O)(=O)N(C)C)o2)cc1[N+](=O)[O-]. The number of rotatable bonds is 10. The summed E-state index contributed by atoms with van der Waals surface area (Å²) in [5, 5.41) is 13.3. The molecule has 0 saturated carbocycles. The number of nitro groups is 1. The molecule has 0 radical (unpaired) electrons. The summed E-state index contributed by atoms with van der Waals surface area (Å²) in [7, 11) is -3.93. The quantitative estimate of drug-likeness (QED) is 0.279. The zero-order chi connectivity index (χ0) is 23.4. The van der Waals surface area contributed by atoms with Crippen molar-refractivity contribution in [3.05, 3.63) is 46.2 Å². The van der Waals surface area contributed by atoms with Crippen molar-refractivity contribution in [2.24, 2.45) is 0 Å². The van der Waals surface area contributed by atoms with Gasteiger partial charge in [-0.2, -0.15) is 4.72 Å². The van der Waals surface area contributed by atoms with E-state index < -0.39 is 54.7 Å². The molecular weight excluding hydrogens is 456 g/mol. The summed E-state index contributed by atoms with van der Waals surface area (Å²) in [6.07, 6.45) is 0. The van der Waals surface area contributed by atoms with Crippen molar-refractivity contribution < 1.29 is 35.7 Å². The average molecular weight is 476 g/mol. The van der Waals surface area contributed by atoms with Crippen LogP contribution < -0.4 is 10.0 Å². The number of carbonyl (C=O) groups is 1. The zero-order valence-electron chi connectivity index (χ0n) is 16.7. The number of anilines is 1. The summed E-state index contributed by atoms with van der Waals surface area (Å²) in [4.78, 5) is 21.8. The van der Waals surface area contributed by atoms with Crippen LogP contribution in [0.4, 0.5) is 11.4 Å². The van der Waals surface area contributed by atoms with E-state index in [1.54, 1.807) is 0 Å². The fraction of sp³-hybridized carbons (Fsp3) is 0.312. The highest BCUT2D eigenvalue weighted by atomic mass is 32.2. The molecule has 31 heavy (non-hydrogen) atoms. The molecule has 0 atom stereocenters. The molecule has 0 spiro atoms. The summed E-state index contributed by atoms with van der Waals surface area (Å²) in [5.74, 6) is -0.937. The van der Waals surface area contributed by atoms with Crippen LogP contribution in [-0.2, 0) is 36.2 Å². The van der Waals surface area contributed by atoms with Gasteiger partial charge in [0, 0.05) is 27.2 Å². The predicted molar refractivity (Wildman–Crippen MR) is 107 cm³/mol. The van der Waals surface area contributed by atoms with E-state index in [1.807, 2.05) is 4.72 Å². The van der Waals surface area contributed by atoms with Gasteiger partial charge in [0.1, 0.15) is 24.6 Å². The third-order valence-corrected chi connectivity index (χ3v) is 6.99. The lowest BCUT2D eigenvalue weighted by Gasteiger charge is -2.09. The largest absolute Gasteiger partial charge is 0.457 e. The number of furan rings is 1. The first-order chi connectivity index (χ1) is 14.4. The molecule has 1 aromatic heterocycles. The van der Waals surface area contributed by atoms with Crippen molar-refractivity contribution >= 4 is 37.4 Å². The molecule has 1 aromatic carbocycles. The van der Waals surface area contributed by atoms with Gasteiger partial charge in [-0.25, -0.2) is 21.1 Å². The van der Waals surface area contributed by atoms with E-state index >= 15 is 0 Å². The van der Waals surface area contributed by atoms with Crippen molar-refractivity contribution in [3.63, 3.8) is 0 Å². The number of hydrogen-bond donors (Lipinski definition) is 2. The molecule has 0 saturated heterocycles. The number of sulfonamides is 2. The first-order valence-corrected chi connectivity index (χ1v) is 11.4. The maximum Gasteiger partial charge on any atom is 0.321 e. The zero-order valence-corrected chi connectivity index (χ0v) is 18.3. The van der Waals surface area contributed by atoms with Gasteiger partial charge in [-0.3, -0.25) is 14.9 Å². The van der Waals surface area contributed by atoms with Crippen LogP contribution in [0, 0.1) is 10.1 Å². The Kier molecular flexibility index (Phi) is 7.37. The summed E-state index contributed by atoms with van der Waals surface area (Å²) in [6, 6.07) is 5.72. The minimum absolute atomic E-state index is 0.0370. The summed E-state index contributed by atoms with van der Waals surface area (Å²) < 4.78 is 61.4. The van der Waals surface area contributed by atoms with Gasteiger partial charge in [0.15, 0.2) is 0 Å². The van der Waals surface area contributed by atoms with Gasteiger partial charge in [-0.1, -0.05) is 0 Å². The predicted octanol–water partition coefficient (Wildman–Crippen LogP) is 0.501. The molecule has 0 aliphatic heterocycles. The number of nitro benzene ring substituents is 1. The van der Waals surface area contributed by atoms with Crippen LogP contribution in [0.2, 0.25) is 0 Å². The minimum atomic E-state index is -4.24. The van der Waals surface area contributed by atoms with E-state index in [0.29, 0.717) is 0 Å². The topological polar surface area (TPSA) is 178 Å². The Morgan fingerprint density at radius 3 is 2.45 bits per heavy atom. The van der Waals surface area contributed by atoms with Crippen LogP contribution in [0.1, 0.15) is 5.76 Å². The van der Waals surface area contributed by atoms with Crippen molar-refractivity contribution in [3.8, 4) is 0 Å². The number of hydrogen-bond acceptors (Lipinski definition) is 10. The second kappa shape index (κ2) is 9.42. The Morgan fingerprint density at radius 1 is 1.19 bits per heavy atom. The van der Waals surface area contributed by atoms with Gasteiger partial charge in [0.25, 0.3) is 15.7 Å². The van der Waals surface area contributed by atoms with Crippen molar-refractivity contribution in [1.29, 1.82) is 0 Å². The highest BCUT2D eigenvalue weighted by Gasteiger charge is 2.23. The molecule has 0 aliphatic carbocycles. The van der Waals surface area contributed by atoms with E-state index in [2.05, 4.69) is 5.32 Å². The van der Waals surface area contributed by atoms with E-state index in [0.717, 1.165) is 16.4 Å². The van der Waals surface area contributed by atoms with Crippen LogP contribution in [0.3, 0.4) is 0 Å². The lowest BCUT2D eigenvalue weighted by Crippen LogP contribution is -2.30. The Hall–Kier alpha value is -3.01. The second-order valence-electron chi connectivity index (χ2n) is 6.18. The third kappa shape index (κ3) is 5.78. The number of carbonyl (C=O) groups excluding carboxylic acids is 1. The Bertz CT molecular complexity index is 1190. The first-order valence-electron chi connectivity index (χ1n) is 8.51. The van der Waals surface area contributed by atoms with Gasteiger partial charge >= 0.3 is 5.97 Å². The van der Waals surface area contributed by atoms with Crippen LogP contribution in [0.25, 0.3) is 0 Å². The van der Waals surface area contributed by atoms with Crippen molar-refractivity contribution in [1.82, 2.24) is 9.03 Å². The van der Waals surface area contributed by atoms with E-state index in [4.69, 9.17) is 9.15 Å². The van der Waals surface area contributed by atoms with Crippen LogP contribution in [-0.4, -0.2) is 59.7 Å². The molecule has 13 nitrogen and oxygen atoms in total. The van der Waals surface area contributed by atoms with Gasteiger partial charge in [0.05, 0.1) is 9.82 Å². The second-order valence-corrected chi connectivity index (χ2v) is 10.0. The summed E-state index contributed by atoms with van der Waals surface area (Å²) in [6.45, 7) is -1.18. The number of nitrogens with zero attached hydrogens (tertiary/aromatic N) is 2. The van der Waals surface area contributed by atoms with E-state index in [-0.39, 0.29) is 16.5 Å². The number of nitrogens with one attached hydrogen (secondary N) is 2. The highest BCUT2D eigenvalue weighted by Crippen LogP contribution is 2.27. The monoisotopic (exact) mass is 476 g/mol. The van der Waals surface area contributed by atoms with Crippen molar-refractivity contribution in [2.45, 2.75) is 16.6 Å². The van der Waals surface area contributed by atoms with Crippen LogP contribution in [0.5, 0.6) is 0 Å². The normalized spacial score (nSPS) is 12.0. The molecule has 0 unspecified atom stereocenters. The van der Waals surface area contributed by atoms with Gasteiger partial charge in [0.2, 0.25) is 15.1 Å². The van der Waals surface area contributed by atoms with E-state index in [1.165, 1.54) is 39.3 Å². The molecule has 0 amide bonds. The molecule has 170 valence electrons. The highest BCUT2D eigenvalue weighted by molar-refractivity contribution is 7.89. The smallest absolute Gasteiger partial charge is 0.321 e. The van der Waals surface area contributed by atoms with Crippen LogP contribution >= 0.6 is 0 Å². The first kappa shape index (κ1) is 24.3. The molecule has 1 heterocycles. The molecular formula is C16H20N4O9S2. The fourth-order valence-corrected chi connectivity index (χ4v) is 4.04. The van der Waals surface area contributed by atoms with Gasteiger partial charge in [-0.15, -0.1) is 0 Å². The van der Waals surface area contributed by atoms with Crippen molar-refractivity contribution in [2.75, 3.05) is 33.0 Å². The van der Waals surface area contributed by atoms with Gasteiger partial charge < -0.3 is 14.5 Å². The molecule has 0 aliphatic rings. The maximum absolute atomic E-state index is 12.3. The lowest BCUT2D eigenvalue weighted by molar-refractivity contribution is -0.384. The van der Waals surface area contributed by atoms with E-state index in [9.17, 15) is 31.7 Å². The lowest BCUT2D eigenvalue weighted by atomic mass is 10.3. The number of ether oxygens (including phenoxy) is 1. The molecule has 15 heteroatoms. The Morgan fingerprint density at radius 2 is 1.87 bits per heavy atom. The molecule has 2 aromatic rings. The standard InChI is InChI=1S/C16H20N4O9S2/c1-17-13-6-5-12(8-14(13)20(22)23)30(24,25)18-9-15(21)28-10-11-4-7-16(29-11)31(26,27)19(2)3/h4-8,17-18H,9-10H2,1-3H3. The number of benzene rings is 1. The Labute approximate surface area is 178 Å². The molecule has 0 bridgehead atoms. The molecule has 0 fully saturated rings. The summed E-state index contributed by atoms with van der Waals surface area (Å²) >= 11 is 0. The fourth-order valence-electron chi connectivity index (χ4n) is 2.24. The molecule has 2 rings (SSSR count). The summed E-state index contributed by atoms with van der Waals surface area (Å²) in [5.41, 5.74) is -0.327. The maximum atomic E-state index is 12.3. The third-order valence-electron chi connectivity index (χ3n) is 3.90. The van der Waals surface area contributed by atoms with Gasteiger partial charge in [-0.05, 0) is 24.3 Å². The average Bonchev–Trinajstić information content (AvgIpc) is 3.20. The molecule has 2 N–H and O–H groups in total. The Balaban J connectivity index is 1.99. The minimum Gasteiger partial charge on any atom is -0.457 e. The number of esters is 1. The van der Waals surface area contributed by atoms with Crippen LogP contribution in [0.15, 0.2) is 44.7 Å².